The van der Waals surface area contributed by atoms with Crippen molar-refractivity contribution in [3.05, 3.63) is 0 Å². The first-order valence-electron chi connectivity index (χ1n) is 8.20. The molecule has 0 heterocycles. The van der Waals surface area contributed by atoms with Gasteiger partial charge in [-0.3, -0.25) is 19.2 Å². The number of carbonyl (C=O) groups excluding carboxylic acids is 4. The highest BCUT2D eigenvalue weighted by Crippen LogP contribution is 2.10. The molecule has 0 radical (unpaired) electrons. The zero-order chi connectivity index (χ0) is 19.1. The number of esters is 1. The molecule has 0 aromatic rings. The second kappa shape index (κ2) is 15.0. The Labute approximate surface area is 148 Å². The summed E-state index contributed by atoms with van der Waals surface area (Å²) in [4.78, 5) is 48.1. The Morgan fingerprint density at radius 1 is 1.08 bits per heavy atom. The van der Waals surface area contributed by atoms with Crippen LogP contribution in [0.4, 0.5) is 0 Å². The van der Waals surface area contributed by atoms with Gasteiger partial charge in [0.25, 0.3) is 0 Å². The summed E-state index contributed by atoms with van der Waals surface area (Å²) >= 11 is 0.845. The molecule has 140 valence electrons. The molecule has 7 nitrogen and oxygen atoms in total. The van der Waals surface area contributed by atoms with E-state index >= 15 is 0 Å². The Morgan fingerprint density at radius 3 is 2.04 bits per heavy atom. The summed E-state index contributed by atoms with van der Waals surface area (Å²) in [6.07, 6.45) is -0.0993. The second-order valence-corrected chi connectivity index (χ2v) is 5.50. The van der Waals surface area contributed by atoms with Crippen LogP contribution in [0.5, 0.6) is 0 Å². The number of carbonyl (C=O) groups is 4. The molecular weight excluding hydrogens is 332 g/mol. The Morgan fingerprint density at radius 2 is 1.62 bits per heavy atom. The van der Waals surface area contributed by atoms with Gasteiger partial charge in [0.15, 0.2) is 5.12 Å². The van der Waals surface area contributed by atoms with E-state index in [1.165, 1.54) is 7.11 Å². The van der Waals surface area contributed by atoms with Gasteiger partial charge in [-0.15, -0.1) is 0 Å². The fourth-order valence-corrected chi connectivity index (χ4v) is 2.44. The smallest absolute Gasteiger partial charge is 0.313 e. The van der Waals surface area contributed by atoms with Crippen molar-refractivity contribution in [2.24, 2.45) is 0 Å². The van der Waals surface area contributed by atoms with Gasteiger partial charge in [-0.05, 0) is 13.8 Å². The lowest BCUT2D eigenvalue weighted by atomic mass is 10.2. The number of likely N-dealkylation sites (N-methyl/N-ethyl adjacent to an activating group) is 1. The Bertz CT molecular complexity index is 411. The van der Waals surface area contributed by atoms with Crippen LogP contribution in [0.25, 0.3) is 0 Å². The van der Waals surface area contributed by atoms with Gasteiger partial charge in [0.2, 0.25) is 11.8 Å². The highest BCUT2D eigenvalue weighted by molar-refractivity contribution is 8.13. The fraction of sp³-hybridized carbons (Fsp3) is 0.750. The third-order valence-electron chi connectivity index (χ3n) is 2.96. The second-order valence-electron chi connectivity index (χ2n) is 4.42. The Hall–Kier alpha value is -1.57. The Kier molecular flexibility index (Phi) is 15.4. The zero-order valence-corrected chi connectivity index (χ0v) is 16.3. The molecule has 0 saturated heterocycles. The SMILES string of the molecule is CC.CCC(=O)NC(CSC(=O)CC(=O)OC)C(=O)N(CC)CC. The van der Waals surface area contributed by atoms with E-state index in [-0.39, 0.29) is 30.4 Å². The van der Waals surface area contributed by atoms with Crippen LogP contribution in [0.2, 0.25) is 0 Å². The summed E-state index contributed by atoms with van der Waals surface area (Å²) in [5.41, 5.74) is 0. The molecule has 0 bridgehead atoms. The molecule has 0 aromatic heterocycles. The quantitative estimate of drug-likeness (QED) is 0.495. The number of hydrogen-bond donors (Lipinski definition) is 1. The van der Waals surface area contributed by atoms with E-state index in [9.17, 15) is 19.2 Å². The molecule has 0 aliphatic rings. The van der Waals surface area contributed by atoms with Crippen LogP contribution in [0.3, 0.4) is 0 Å². The number of thioether (sulfide) groups is 1. The number of rotatable bonds is 9. The molecule has 2 amide bonds. The van der Waals surface area contributed by atoms with Crippen molar-refractivity contribution < 1.29 is 23.9 Å². The predicted octanol–water partition coefficient (Wildman–Crippen LogP) is 1.60. The van der Waals surface area contributed by atoms with Crippen LogP contribution in [0.1, 0.15) is 47.5 Å². The highest BCUT2D eigenvalue weighted by atomic mass is 32.2. The first-order valence-corrected chi connectivity index (χ1v) is 9.18. The molecule has 0 aromatic carbocycles. The number of hydrogen-bond acceptors (Lipinski definition) is 6. The third-order valence-corrected chi connectivity index (χ3v) is 3.92. The lowest BCUT2D eigenvalue weighted by molar-refractivity contribution is -0.142. The fourth-order valence-electron chi connectivity index (χ4n) is 1.64. The van der Waals surface area contributed by atoms with Gasteiger partial charge < -0.3 is 15.0 Å². The molecule has 1 N–H and O–H groups in total. The van der Waals surface area contributed by atoms with Crippen LogP contribution < -0.4 is 5.32 Å². The summed E-state index contributed by atoms with van der Waals surface area (Å²) < 4.78 is 4.41. The van der Waals surface area contributed by atoms with E-state index in [1.54, 1.807) is 11.8 Å². The van der Waals surface area contributed by atoms with Gasteiger partial charge in [0.05, 0.1) is 7.11 Å². The van der Waals surface area contributed by atoms with Crippen molar-refractivity contribution in [2.75, 3.05) is 26.0 Å². The zero-order valence-electron chi connectivity index (χ0n) is 15.5. The molecule has 24 heavy (non-hydrogen) atoms. The summed E-state index contributed by atoms with van der Waals surface area (Å²) in [6, 6.07) is -0.779. The number of amides is 2. The predicted molar refractivity (Wildman–Crippen MR) is 95.6 cm³/mol. The molecule has 1 atom stereocenters. The van der Waals surface area contributed by atoms with Gasteiger partial charge in [0.1, 0.15) is 12.5 Å². The Balaban J connectivity index is 0. The molecule has 0 fully saturated rings. The minimum absolute atomic E-state index is 0.0941. The van der Waals surface area contributed by atoms with Crippen LogP contribution in [0, 0.1) is 0 Å². The van der Waals surface area contributed by atoms with Crippen LogP contribution in [-0.2, 0) is 23.9 Å². The minimum Gasteiger partial charge on any atom is -0.469 e. The summed E-state index contributed by atoms with van der Waals surface area (Å²) in [7, 11) is 1.20. The first-order chi connectivity index (χ1) is 11.4. The molecule has 0 spiro atoms. The maximum atomic E-state index is 12.3. The van der Waals surface area contributed by atoms with E-state index in [4.69, 9.17) is 0 Å². The number of nitrogens with zero attached hydrogens (tertiary/aromatic N) is 1. The van der Waals surface area contributed by atoms with Crippen molar-refractivity contribution >= 4 is 34.7 Å². The molecule has 8 heteroatoms. The van der Waals surface area contributed by atoms with Crippen LogP contribution in [-0.4, -0.2) is 59.8 Å². The normalized spacial score (nSPS) is 10.8. The molecule has 0 aliphatic carbocycles. The summed E-state index contributed by atoms with van der Waals surface area (Å²) in [5.74, 6) is -1.02. The van der Waals surface area contributed by atoms with Gasteiger partial charge >= 0.3 is 5.97 Å². The van der Waals surface area contributed by atoms with Crippen molar-refractivity contribution in [2.45, 2.75) is 53.5 Å². The van der Waals surface area contributed by atoms with Crippen molar-refractivity contribution in [1.82, 2.24) is 10.2 Å². The van der Waals surface area contributed by atoms with E-state index in [2.05, 4.69) is 10.1 Å². The first kappa shape index (κ1) is 24.7. The van der Waals surface area contributed by atoms with Gasteiger partial charge in [-0.25, -0.2) is 0 Å². The standard InChI is InChI=1S/C14H24N2O5S.C2H6/c1-5-11(17)15-10(14(20)16(6-2)7-3)9-22-13(19)8-12(18)21-4;1-2/h10H,5-9H2,1-4H3,(H,15,17);1-2H3. The maximum Gasteiger partial charge on any atom is 0.313 e. The molecule has 0 aliphatic heterocycles. The van der Waals surface area contributed by atoms with Gasteiger partial charge in [-0.2, -0.15) is 0 Å². The highest BCUT2D eigenvalue weighted by Gasteiger charge is 2.25. The van der Waals surface area contributed by atoms with Crippen molar-refractivity contribution in [3.63, 3.8) is 0 Å². The number of ether oxygens (including phenoxy) is 1. The van der Waals surface area contributed by atoms with E-state index in [0.29, 0.717) is 13.1 Å². The molecule has 0 saturated carbocycles. The molecule has 1 unspecified atom stereocenters. The van der Waals surface area contributed by atoms with Crippen molar-refractivity contribution in [1.29, 1.82) is 0 Å². The van der Waals surface area contributed by atoms with Gasteiger partial charge in [-0.1, -0.05) is 32.5 Å². The van der Waals surface area contributed by atoms with Crippen LogP contribution in [0.15, 0.2) is 0 Å². The monoisotopic (exact) mass is 362 g/mol. The topological polar surface area (TPSA) is 92.8 Å². The molecular formula is C16H30N2O5S. The van der Waals surface area contributed by atoms with Crippen molar-refractivity contribution in [3.8, 4) is 0 Å². The largest absolute Gasteiger partial charge is 0.469 e. The maximum absolute atomic E-state index is 12.3. The third kappa shape index (κ3) is 10.3. The summed E-state index contributed by atoms with van der Waals surface area (Å²) in [6.45, 7) is 10.4. The van der Waals surface area contributed by atoms with Crippen LogP contribution >= 0.6 is 11.8 Å². The minimum atomic E-state index is -0.779. The lowest BCUT2D eigenvalue weighted by Gasteiger charge is -2.25. The molecule has 0 rings (SSSR count). The number of nitrogens with one attached hydrogen (secondary N) is 1. The number of methoxy groups -OCH3 is 1. The van der Waals surface area contributed by atoms with E-state index in [0.717, 1.165) is 11.8 Å². The van der Waals surface area contributed by atoms with E-state index < -0.39 is 17.1 Å². The lowest BCUT2D eigenvalue weighted by Crippen LogP contribution is -2.50. The van der Waals surface area contributed by atoms with E-state index in [1.807, 2.05) is 27.7 Å². The van der Waals surface area contributed by atoms with Gasteiger partial charge in [0, 0.05) is 25.3 Å². The average Bonchev–Trinajstić information content (AvgIpc) is 2.60. The average molecular weight is 362 g/mol. The summed E-state index contributed by atoms with van der Waals surface area (Å²) in [5, 5.41) is 2.23.